The molecule has 1 aromatic heterocycles. The molecule has 0 saturated carbocycles. The Bertz CT molecular complexity index is 1370. The lowest BCUT2D eigenvalue weighted by Gasteiger charge is -2.28. The van der Waals surface area contributed by atoms with Crippen molar-refractivity contribution >= 4 is 34.7 Å². The number of ether oxygens (including phenoxy) is 1. The molecule has 1 N–H and O–H groups in total. The van der Waals surface area contributed by atoms with Crippen molar-refractivity contribution in [2.45, 2.75) is 59.2 Å². The number of allylic oxidation sites excluding steroid dienone is 2. The monoisotopic (exact) mass is 515 g/mol. The minimum atomic E-state index is -0.513. The Hall–Kier alpha value is -3.81. The minimum absolute atomic E-state index is 0.142. The van der Waals surface area contributed by atoms with E-state index >= 15 is 0 Å². The van der Waals surface area contributed by atoms with Crippen LogP contribution in [0.5, 0.6) is 0 Å². The van der Waals surface area contributed by atoms with Gasteiger partial charge in [-0.1, -0.05) is 29.8 Å². The number of likely N-dealkylation sites (tertiary alicyclic amines) is 1. The molecule has 2 aliphatic heterocycles. The Morgan fingerprint density at radius 1 is 1.11 bits per heavy atom. The van der Waals surface area contributed by atoms with Crippen molar-refractivity contribution < 1.29 is 14.3 Å². The first-order valence-electron chi connectivity index (χ1n) is 13.3. The summed E-state index contributed by atoms with van der Waals surface area (Å²) in [4.78, 5) is 34.8. The maximum atomic E-state index is 12.8. The molecular weight excluding hydrogens is 478 g/mol. The van der Waals surface area contributed by atoms with Crippen LogP contribution < -0.4 is 10.2 Å². The highest BCUT2D eigenvalue weighted by Crippen LogP contribution is 2.37. The maximum absolute atomic E-state index is 12.8. The molecule has 2 saturated heterocycles. The molecule has 8 nitrogen and oxygen atoms in total. The SMILES string of the molecule is CC(C)=CCn1c(N2CCC3CN(C(=O)OC(C)(C)C)CC32)nc2ccc(NC(=O)c3ccccc3)cc21. The lowest BCUT2D eigenvalue weighted by Crippen LogP contribution is -2.40. The van der Waals surface area contributed by atoms with Gasteiger partial charge in [-0.15, -0.1) is 0 Å². The van der Waals surface area contributed by atoms with Crippen molar-refractivity contribution in [1.29, 1.82) is 0 Å². The number of carbonyl (C=O) groups excluding carboxylic acids is 2. The van der Waals surface area contributed by atoms with Crippen molar-refractivity contribution in [2.24, 2.45) is 5.92 Å². The third-order valence-electron chi connectivity index (χ3n) is 7.16. The van der Waals surface area contributed by atoms with Gasteiger partial charge in [0.1, 0.15) is 5.60 Å². The van der Waals surface area contributed by atoms with Gasteiger partial charge in [-0.2, -0.15) is 0 Å². The van der Waals surface area contributed by atoms with Crippen molar-refractivity contribution in [1.82, 2.24) is 14.5 Å². The first-order chi connectivity index (χ1) is 18.1. The third kappa shape index (κ3) is 5.39. The summed E-state index contributed by atoms with van der Waals surface area (Å²) in [7, 11) is 0. The number of carbonyl (C=O) groups is 2. The molecule has 2 aromatic carbocycles. The predicted octanol–water partition coefficient (Wildman–Crippen LogP) is 5.70. The Balaban J connectivity index is 1.44. The first-order valence-corrected chi connectivity index (χ1v) is 13.3. The summed E-state index contributed by atoms with van der Waals surface area (Å²) in [6.45, 7) is 12.8. The molecule has 38 heavy (non-hydrogen) atoms. The molecule has 3 aromatic rings. The average molecular weight is 516 g/mol. The molecule has 0 radical (unpaired) electrons. The molecule has 2 aliphatic rings. The molecule has 2 unspecified atom stereocenters. The Morgan fingerprint density at radius 3 is 2.58 bits per heavy atom. The number of fused-ring (bicyclic) bond motifs is 2. The Labute approximate surface area is 224 Å². The van der Waals surface area contributed by atoms with Crippen LogP contribution in [-0.4, -0.2) is 57.7 Å². The third-order valence-corrected chi connectivity index (χ3v) is 7.16. The van der Waals surface area contributed by atoms with Crippen LogP contribution in [0.2, 0.25) is 0 Å². The summed E-state index contributed by atoms with van der Waals surface area (Å²) >= 11 is 0. The number of aromatic nitrogens is 2. The fourth-order valence-corrected chi connectivity index (χ4v) is 5.34. The normalized spacial score (nSPS) is 19.0. The summed E-state index contributed by atoms with van der Waals surface area (Å²) in [6, 6.07) is 15.3. The maximum Gasteiger partial charge on any atom is 0.410 e. The highest BCUT2D eigenvalue weighted by Gasteiger charge is 2.45. The minimum Gasteiger partial charge on any atom is -0.444 e. The van der Waals surface area contributed by atoms with E-state index in [0.29, 0.717) is 31.1 Å². The molecular formula is C30H37N5O3. The summed E-state index contributed by atoms with van der Waals surface area (Å²) < 4.78 is 7.87. The molecule has 3 heterocycles. The Morgan fingerprint density at radius 2 is 1.87 bits per heavy atom. The van der Waals surface area contributed by atoms with Crippen molar-refractivity contribution in [2.75, 3.05) is 29.9 Å². The van der Waals surface area contributed by atoms with E-state index in [1.54, 1.807) is 12.1 Å². The number of imidazole rings is 1. The number of amides is 2. The van der Waals surface area contributed by atoms with Gasteiger partial charge < -0.3 is 24.4 Å². The van der Waals surface area contributed by atoms with E-state index in [4.69, 9.17) is 9.72 Å². The first kappa shape index (κ1) is 25.8. The standard InChI is InChI=1S/C30H37N5O3/c1-20(2)13-15-34-25-17-23(31-27(36)21-9-7-6-8-10-21)11-12-24(25)32-28(34)35-16-14-22-18-33(19-26(22)35)29(37)38-30(3,4)5/h6-13,17,22,26H,14-16,18-19H2,1-5H3,(H,31,36). The van der Waals surface area contributed by atoms with Gasteiger partial charge >= 0.3 is 6.09 Å². The largest absolute Gasteiger partial charge is 0.444 e. The fraction of sp³-hybridized carbons (Fsp3) is 0.433. The van der Waals surface area contributed by atoms with Gasteiger partial charge in [0.05, 0.1) is 17.1 Å². The van der Waals surface area contributed by atoms with E-state index in [0.717, 1.165) is 35.6 Å². The molecule has 0 aliphatic carbocycles. The number of anilines is 2. The van der Waals surface area contributed by atoms with E-state index < -0.39 is 5.60 Å². The number of rotatable bonds is 5. The second-order valence-electron chi connectivity index (χ2n) is 11.5. The van der Waals surface area contributed by atoms with E-state index in [9.17, 15) is 9.59 Å². The van der Waals surface area contributed by atoms with Gasteiger partial charge in [0.2, 0.25) is 5.95 Å². The second kappa shape index (κ2) is 10.2. The summed E-state index contributed by atoms with van der Waals surface area (Å²) in [6.07, 6.45) is 2.95. The average Bonchev–Trinajstić information content (AvgIpc) is 3.54. The van der Waals surface area contributed by atoms with E-state index in [2.05, 4.69) is 34.7 Å². The van der Waals surface area contributed by atoms with Crippen LogP contribution >= 0.6 is 0 Å². The molecule has 8 heteroatoms. The highest BCUT2D eigenvalue weighted by molar-refractivity contribution is 6.05. The molecule has 5 rings (SSSR count). The molecule has 0 spiro atoms. The van der Waals surface area contributed by atoms with Crippen molar-refractivity contribution in [3.63, 3.8) is 0 Å². The van der Waals surface area contributed by atoms with Crippen LogP contribution in [0.3, 0.4) is 0 Å². The number of hydrogen-bond acceptors (Lipinski definition) is 5. The van der Waals surface area contributed by atoms with Gasteiger partial charge in [-0.3, -0.25) is 4.79 Å². The van der Waals surface area contributed by atoms with Crippen LogP contribution in [0.25, 0.3) is 11.0 Å². The lowest BCUT2D eigenvalue weighted by molar-refractivity contribution is 0.0284. The van der Waals surface area contributed by atoms with E-state index in [-0.39, 0.29) is 18.0 Å². The molecule has 2 fully saturated rings. The molecule has 0 bridgehead atoms. The lowest BCUT2D eigenvalue weighted by atomic mass is 10.1. The van der Waals surface area contributed by atoms with Crippen LogP contribution in [0.1, 0.15) is 51.4 Å². The fourth-order valence-electron chi connectivity index (χ4n) is 5.34. The molecule has 2 amide bonds. The zero-order chi connectivity index (χ0) is 27.0. The van der Waals surface area contributed by atoms with Gasteiger partial charge in [0.15, 0.2) is 0 Å². The highest BCUT2D eigenvalue weighted by atomic mass is 16.6. The summed E-state index contributed by atoms with van der Waals surface area (Å²) in [5, 5.41) is 3.03. The predicted molar refractivity (Wildman–Crippen MR) is 151 cm³/mol. The van der Waals surface area contributed by atoms with Gasteiger partial charge in [0, 0.05) is 43.3 Å². The van der Waals surface area contributed by atoms with Crippen LogP contribution in [-0.2, 0) is 11.3 Å². The van der Waals surface area contributed by atoms with Crippen LogP contribution in [0, 0.1) is 5.92 Å². The van der Waals surface area contributed by atoms with Crippen LogP contribution in [0.15, 0.2) is 60.2 Å². The number of nitrogens with zero attached hydrogens (tertiary/aromatic N) is 4. The zero-order valence-corrected chi connectivity index (χ0v) is 22.9. The number of benzene rings is 2. The van der Waals surface area contributed by atoms with E-state index in [1.807, 2.05) is 62.1 Å². The van der Waals surface area contributed by atoms with Crippen LogP contribution in [0.4, 0.5) is 16.4 Å². The second-order valence-corrected chi connectivity index (χ2v) is 11.5. The van der Waals surface area contributed by atoms with Gasteiger partial charge in [0.25, 0.3) is 5.91 Å². The van der Waals surface area contributed by atoms with Gasteiger partial charge in [-0.25, -0.2) is 9.78 Å². The topological polar surface area (TPSA) is 79.7 Å². The number of nitrogens with one attached hydrogen (secondary N) is 1. The summed E-state index contributed by atoms with van der Waals surface area (Å²) in [5.41, 5.74) is 3.90. The van der Waals surface area contributed by atoms with E-state index in [1.165, 1.54) is 5.57 Å². The Kier molecular flexibility index (Phi) is 6.90. The zero-order valence-electron chi connectivity index (χ0n) is 22.9. The number of hydrogen-bond donors (Lipinski definition) is 1. The molecule has 200 valence electrons. The summed E-state index contributed by atoms with van der Waals surface area (Å²) in [5.74, 6) is 1.15. The van der Waals surface area contributed by atoms with Crippen molar-refractivity contribution in [3.05, 3.63) is 65.7 Å². The van der Waals surface area contributed by atoms with Gasteiger partial charge in [-0.05, 0) is 71.4 Å². The van der Waals surface area contributed by atoms with Crippen molar-refractivity contribution in [3.8, 4) is 0 Å². The quantitative estimate of drug-likeness (QED) is 0.441. The smallest absolute Gasteiger partial charge is 0.410 e. The molecule has 2 atom stereocenters.